The zero-order valence-electron chi connectivity index (χ0n) is 5.24. The van der Waals surface area contributed by atoms with Gasteiger partial charge in [0.15, 0.2) is 0 Å². The summed E-state index contributed by atoms with van der Waals surface area (Å²) in [5, 5.41) is 0. The predicted octanol–water partition coefficient (Wildman–Crippen LogP) is 1.72. The molecule has 0 unspecified atom stereocenters. The van der Waals surface area contributed by atoms with E-state index in [2.05, 4.69) is 6.92 Å². The summed E-state index contributed by atoms with van der Waals surface area (Å²) in [5.74, 6) is 1.93. The van der Waals surface area contributed by atoms with Crippen molar-refractivity contribution < 1.29 is 4.79 Å². The molecule has 0 atom stereocenters. The lowest BCUT2D eigenvalue weighted by molar-refractivity contribution is -0.119. The first kappa shape index (κ1) is 5.80. The molecule has 0 aromatic carbocycles. The smallest absolute Gasteiger partial charge is 0.127 e. The SMILES string of the molecule is C[C-]1CCC(=O)CC1. The van der Waals surface area contributed by atoms with Crippen molar-refractivity contribution in [1.82, 2.24) is 0 Å². The van der Waals surface area contributed by atoms with Gasteiger partial charge >= 0.3 is 0 Å². The Balaban J connectivity index is 2.29. The van der Waals surface area contributed by atoms with Crippen LogP contribution in [0.25, 0.3) is 0 Å². The maximum Gasteiger partial charge on any atom is 0.127 e. The molecule has 0 radical (unpaired) electrons. The minimum absolute atomic E-state index is 0.440. The van der Waals surface area contributed by atoms with Crippen molar-refractivity contribution in [3.05, 3.63) is 5.92 Å². The summed E-state index contributed by atoms with van der Waals surface area (Å²) in [7, 11) is 0. The lowest BCUT2D eigenvalue weighted by Crippen LogP contribution is -2.08. The van der Waals surface area contributed by atoms with E-state index >= 15 is 0 Å². The average molecular weight is 111 g/mol. The standard InChI is InChI=1S/C7H11O/c1-6-2-4-7(8)5-3-6/h2-5H2,1H3/q-1. The molecule has 0 heterocycles. The molecule has 0 amide bonds. The van der Waals surface area contributed by atoms with Gasteiger partial charge in [-0.2, -0.15) is 19.8 Å². The Hall–Kier alpha value is -0.330. The van der Waals surface area contributed by atoms with E-state index in [0.717, 1.165) is 25.7 Å². The Morgan fingerprint density at radius 2 is 1.88 bits per heavy atom. The van der Waals surface area contributed by atoms with Gasteiger partial charge in [0.05, 0.1) is 0 Å². The van der Waals surface area contributed by atoms with Gasteiger partial charge in [-0.3, -0.25) is 4.79 Å². The van der Waals surface area contributed by atoms with Crippen LogP contribution in [0.1, 0.15) is 32.6 Å². The molecule has 1 heteroatoms. The maximum atomic E-state index is 10.6. The van der Waals surface area contributed by atoms with Crippen molar-refractivity contribution in [3.8, 4) is 0 Å². The fraction of sp³-hybridized carbons (Fsp3) is 0.714. The van der Waals surface area contributed by atoms with E-state index in [0.29, 0.717) is 5.78 Å². The number of hydrogen-bond donors (Lipinski definition) is 0. The van der Waals surface area contributed by atoms with Crippen molar-refractivity contribution in [3.63, 3.8) is 0 Å². The van der Waals surface area contributed by atoms with E-state index < -0.39 is 0 Å². The molecule has 8 heavy (non-hydrogen) atoms. The van der Waals surface area contributed by atoms with Gasteiger partial charge in [-0.1, -0.05) is 0 Å². The second kappa shape index (κ2) is 2.29. The van der Waals surface area contributed by atoms with Crippen LogP contribution in [0.15, 0.2) is 0 Å². The fourth-order valence-corrected chi connectivity index (χ4v) is 0.956. The molecule has 0 aromatic heterocycles. The van der Waals surface area contributed by atoms with Crippen LogP contribution >= 0.6 is 0 Å². The third-order valence-corrected chi connectivity index (χ3v) is 1.66. The minimum atomic E-state index is 0.440. The molecule has 0 saturated heterocycles. The van der Waals surface area contributed by atoms with Crippen LogP contribution in [0.4, 0.5) is 0 Å². The van der Waals surface area contributed by atoms with Crippen molar-refractivity contribution >= 4 is 5.78 Å². The molecule has 1 rings (SSSR count). The van der Waals surface area contributed by atoms with Crippen LogP contribution in [0.2, 0.25) is 0 Å². The Bertz CT molecular complexity index is 86.6. The Labute approximate surface area is 50.1 Å². The summed E-state index contributed by atoms with van der Waals surface area (Å²) in [4.78, 5) is 10.6. The van der Waals surface area contributed by atoms with Crippen molar-refractivity contribution in [2.45, 2.75) is 32.6 Å². The first-order valence-corrected chi connectivity index (χ1v) is 3.12. The molecule has 0 spiro atoms. The summed E-state index contributed by atoms with van der Waals surface area (Å²) in [5.41, 5.74) is 0. The van der Waals surface area contributed by atoms with Crippen LogP contribution in [-0.4, -0.2) is 5.78 Å². The summed E-state index contributed by atoms with van der Waals surface area (Å²) in [6.07, 6.45) is 3.68. The first-order valence-electron chi connectivity index (χ1n) is 3.12. The van der Waals surface area contributed by atoms with Crippen LogP contribution in [-0.2, 0) is 4.79 Å². The summed E-state index contributed by atoms with van der Waals surface area (Å²) >= 11 is 0. The first-order chi connectivity index (χ1) is 3.79. The number of hydrogen-bond acceptors (Lipinski definition) is 1. The van der Waals surface area contributed by atoms with E-state index in [1.54, 1.807) is 0 Å². The highest BCUT2D eigenvalue weighted by molar-refractivity contribution is 5.79. The number of Topliss-reactive ketones (excluding diaryl/α,β-unsaturated/α-hetero) is 1. The topological polar surface area (TPSA) is 17.1 Å². The van der Waals surface area contributed by atoms with Gasteiger partial charge in [0.2, 0.25) is 0 Å². The molecule has 1 aliphatic rings. The van der Waals surface area contributed by atoms with Crippen LogP contribution < -0.4 is 0 Å². The van der Waals surface area contributed by atoms with Crippen molar-refractivity contribution in [2.24, 2.45) is 0 Å². The monoisotopic (exact) mass is 111 g/mol. The van der Waals surface area contributed by atoms with Crippen LogP contribution in [0.5, 0.6) is 0 Å². The highest BCUT2D eigenvalue weighted by Gasteiger charge is 2.04. The van der Waals surface area contributed by atoms with Crippen LogP contribution in [0.3, 0.4) is 0 Å². The zero-order chi connectivity index (χ0) is 5.98. The third-order valence-electron chi connectivity index (χ3n) is 1.66. The molecule has 0 aliphatic heterocycles. The summed E-state index contributed by atoms with van der Waals surface area (Å²) in [6.45, 7) is 2.13. The Morgan fingerprint density at radius 1 is 1.38 bits per heavy atom. The molecule has 0 bridgehead atoms. The molecule has 0 aromatic rings. The lowest BCUT2D eigenvalue weighted by atomic mass is 9.90. The van der Waals surface area contributed by atoms with Gasteiger partial charge < -0.3 is 5.92 Å². The quantitative estimate of drug-likeness (QED) is 0.435. The number of ketones is 1. The van der Waals surface area contributed by atoms with E-state index in [1.807, 2.05) is 0 Å². The lowest BCUT2D eigenvalue weighted by Gasteiger charge is -2.27. The molecule has 1 fully saturated rings. The molecule has 46 valence electrons. The van der Waals surface area contributed by atoms with Gasteiger partial charge in [0, 0.05) is 0 Å². The molecule has 1 nitrogen and oxygen atoms in total. The molecule has 0 N–H and O–H groups in total. The highest BCUT2D eigenvalue weighted by atomic mass is 16.1. The molecule has 1 saturated carbocycles. The zero-order valence-corrected chi connectivity index (χ0v) is 5.24. The summed E-state index contributed by atoms with van der Waals surface area (Å²) in [6, 6.07) is 0. The van der Waals surface area contributed by atoms with Gasteiger partial charge in [-0.15, -0.1) is 0 Å². The number of carbonyl (C=O) groups excluding carboxylic acids is 1. The van der Waals surface area contributed by atoms with Crippen LogP contribution in [0, 0.1) is 5.92 Å². The largest absolute Gasteiger partial charge is 0.316 e. The third kappa shape index (κ3) is 1.32. The second-order valence-electron chi connectivity index (χ2n) is 2.50. The normalized spacial score (nSPS) is 23.9. The highest BCUT2D eigenvalue weighted by Crippen LogP contribution is 2.21. The number of rotatable bonds is 0. The second-order valence-corrected chi connectivity index (χ2v) is 2.50. The molecule has 1 aliphatic carbocycles. The average Bonchev–Trinajstić information content (AvgIpc) is 1.77. The van der Waals surface area contributed by atoms with E-state index in [-0.39, 0.29) is 0 Å². The minimum Gasteiger partial charge on any atom is -0.316 e. The van der Waals surface area contributed by atoms with Crippen molar-refractivity contribution in [2.75, 3.05) is 0 Å². The Morgan fingerprint density at radius 3 is 2.25 bits per heavy atom. The number of carbonyl (C=O) groups is 1. The molecular formula is C7H11O-. The fourth-order valence-electron chi connectivity index (χ4n) is 0.956. The van der Waals surface area contributed by atoms with Gasteiger partial charge in [0.25, 0.3) is 0 Å². The van der Waals surface area contributed by atoms with Gasteiger partial charge in [-0.05, 0) is 12.8 Å². The van der Waals surface area contributed by atoms with Crippen molar-refractivity contribution in [1.29, 1.82) is 0 Å². The van der Waals surface area contributed by atoms with E-state index in [9.17, 15) is 4.79 Å². The predicted molar refractivity (Wildman–Crippen MR) is 32.4 cm³/mol. The molecular weight excluding hydrogens is 100 g/mol. The summed E-state index contributed by atoms with van der Waals surface area (Å²) < 4.78 is 0. The van der Waals surface area contributed by atoms with E-state index in [4.69, 9.17) is 0 Å². The van der Waals surface area contributed by atoms with Gasteiger partial charge in [0.1, 0.15) is 5.78 Å². The van der Waals surface area contributed by atoms with E-state index in [1.165, 1.54) is 5.92 Å². The Kier molecular flexibility index (Phi) is 1.66. The maximum absolute atomic E-state index is 10.6. The van der Waals surface area contributed by atoms with Gasteiger partial charge in [-0.25, -0.2) is 0 Å².